The molecule has 0 saturated heterocycles. The van der Waals surface area contributed by atoms with Gasteiger partial charge in [0.25, 0.3) is 0 Å². The van der Waals surface area contributed by atoms with Gasteiger partial charge in [0, 0.05) is 29.7 Å². The van der Waals surface area contributed by atoms with E-state index in [1.165, 1.54) is 20.2 Å². The van der Waals surface area contributed by atoms with Gasteiger partial charge in [0.2, 0.25) is 21.7 Å². The Balaban J connectivity index is 1.66. The highest BCUT2D eigenvalue weighted by molar-refractivity contribution is 7.91. The molecule has 4 rings (SSSR count). The summed E-state index contributed by atoms with van der Waals surface area (Å²) < 4.78 is 33.7. The van der Waals surface area contributed by atoms with Crippen LogP contribution in [0.5, 0.6) is 5.75 Å². The van der Waals surface area contributed by atoms with Gasteiger partial charge in [-0.15, -0.1) is 0 Å². The zero-order chi connectivity index (χ0) is 25.2. The first-order valence-corrected chi connectivity index (χ1v) is 12.3. The van der Waals surface area contributed by atoms with E-state index >= 15 is 0 Å². The van der Waals surface area contributed by atoms with Crippen LogP contribution in [0.15, 0.2) is 82.7 Å². The van der Waals surface area contributed by atoms with Gasteiger partial charge in [0.15, 0.2) is 0 Å². The maximum Gasteiger partial charge on any atom is 0.244 e. The second kappa shape index (κ2) is 9.63. The summed E-state index contributed by atoms with van der Waals surface area (Å²) in [5.74, 6) is -0.204. The van der Waals surface area contributed by atoms with Crippen molar-refractivity contribution < 1.29 is 22.7 Å². The number of sulfone groups is 1. The number of benzene rings is 3. The number of aryl methyl sites for hydroxylation is 1. The number of hydrogen-bond donors (Lipinski definition) is 2. The van der Waals surface area contributed by atoms with Crippen molar-refractivity contribution in [3.05, 3.63) is 78.5 Å². The van der Waals surface area contributed by atoms with E-state index in [2.05, 4.69) is 10.6 Å². The maximum atomic E-state index is 13.4. The van der Waals surface area contributed by atoms with E-state index in [0.29, 0.717) is 28.0 Å². The van der Waals surface area contributed by atoms with Crippen molar-refractivity contribution in [3.8, 4) is 5.75 Å². The lowest BCUT2D eigenvalue weighted by molar-refractivity contribution is -0.116. The van der Waals surface area contributed by atoms with Gasteiger partial charge in [0.05, 0.1) is 22.6 Å². The van der Waals surface area contributed by atoms with Crippen molar-refractivity contribution in [2.24, 2.45) is 0 Å². The first-order valence-electron chi connectivity index (χ1n) is 10.8. The summed E-state index contributed by atoms with van der Waals surface area (Å²) in [6.45, 7) is 3.15. The smallest absolute Gasteiger partial charge is 0.244 e. The molecule has 35 heavy (non-hydrogen) atoms. The normalized spacial score (nSPS) is 11.3. The summed E-state index contributed by atoms with van der Waals surface area (Å²) >= 11 is 0. The second-order valence-electron chi connectivity index (χ2n) is 8.10. The molecule has 0 radical (unpaired) electrons. The number of methoxy groups -OCH3 is 1. The molecule has 0 aliphatic rings. The summed E-state index contributed by atoms with van der Waals surface area (Å²) in [5, 5.41) is 5.99. The molecule has 0 aliphatic carbocycles. The average molecular weight is 492 g/mol. The van der Waals surface area contributed by atoms with Crippen LogP contribution in [-0.4, -0.2) is 31.9 Å². The Morgan fingerprint density at radius 2 is 1.69 bits per heavy atom. The monoisotopic (exact) mass is 491 g/mol. The van der Waals surface area contributed by atoms with Gasteiger partial charge < -0.3 is 19.9 Å². The summed E-state index contributed by atoms with van der Waals surface area (Å²) in [4.78, 5) is 24.7. The highest BCUT2D eigenvalue weighted by Crippen LogP contribution is 2.31. The number of hydrogen-bond acceptors (Lipinski definition) is 5. The standard InChI is InChI=1S/C26H25N3O5S/c1-17-8-11-20(12-9-17)35(32,33)25-15-29(23-7-5-4-6-21(23)25)16-26(31)28-22-14-19(27-18(2)30)10-13-24(22)34-3/h4-15H,16H2,1-3H3,(H,27,30)(H,28,31). The Bertz CT molecular complexity index is 1520. The Morgan fingerprint density at radius 1 is 0.971 bits per heavy atom. The molecule has 0 aliphatic heterocycles. The van der Waals surface area contributed by atoms with Crippen LogP contribution >= 0.6 is 0 Å². The van der Waals surface area contributed by atoms with Crippen LogP contribution < -0.4 is 15.4 Å². The van der Waals surface area contributed by atoms with Gasteiger partial charge in [-0.3, -0.25) is 9.59 Å². The van der Waals surface area contributed by atoms with Crippen LogP contribution in [0, 0.1) is 6.92 Å². The molecule has 8 nitrogen and oxygen atoms in total. The number of aromatic nitrogens is 1. The second-order valence-corrected chi connectivity index (χ2v) is 10.0. The Kier molecular flexibility index (Phi) is 6.61. The van der Waals surface area contributed by atoms with Crippen LogP contribution in [0.1, 0.15) is 12.5 Å². The Hall–Kier alpha value is -4.11. The molecule has 4 aromatic rings. The third kappa shape index (κ3) is 5.04. The fourth-order valence-electron chi connectivity index (χ4n) is 3.83. The molecule has 2 amide bonds. The summed E-state index contributed by atoms with van der Waals surface area (Å²) in [6, 6.07) is 18.6. The molecule has 1 heterocycles. The number of rotatable bonds is 7. The van der Waals surface area contributed by atoms with Gasteiger partial charge in [-0.25, -0.2) is 8.42 Å². The molecule has 0 atom stereocenters. The number of nitrogens with zero attached hydrogens (tertiary/aromatic N) is 1. The number of amides is 2. The van der Waals surface area contributed by atoms with E-state index in [4.69, 9.17) is 4.74 Å². The Labute approximate surface area is 203 Å². The fraction of sp³-hybridized carbons (Fsp3) is 0.154. The lowest BCUT2D eigenvalue weighted by Gasteiger charge is -2.13. The Morgan fingerprint density at radius 3 is 2.37 bits per heavy atom. The number of carbonyl (C=O) groups is 2. The number of anilines is 2. The van der Waals surface area contributed by atoms with Crippen LogP contribution in [0.2, 0.25) is 0 Å². The van der Waals surface area contributed by atoms with Crippen molar-refractivity contribution in [1.82, 2.24) is 4.57 Å². The number of nitrogens with one attached hydrogen (secondary N) is 2. The van der Waals surface area contributed by atoms with Crippen molar-refractivity contribution in [2.45, 2.75) is 30.2 Å². The summed E-state index contributed by atoms with van der Waals surface area (Å²) in [5.41, 5.74) is 2.47. The van der Waals surface area contributed by atoms with Crippen LogP contribution in [0.3, 0.4) is 0 Å². The third-order valence-electron chi connectivity index (χ3n) is 5.48. The molecule has 0 fully saturated rings. The van der Waals surface area contributed by atoms with Crippen molar-refractivity contribution in [1.29, 1.82) is 0 Å². The van der Waals surface area contributed by atoms with Gasteiger partial charge in [-0.05, 0) is 43.3 Å². The number of fused-ring (bicyclic) bond motifs is 1. The first-order chi connectivity index (χ1) is 16.7. The largest absolute Gasteiger partial charge is 0.495 e. The molecule has 0 saturated carbocycles. The molecule has 180 valence electrons. The lowest BCUT2D eigenvalue weighted by Crippen LogP contribution is -2.19. The molecule has 2 N–H and O–H groups in total. The van der Waals surface area contributed by atoms with E-state index in [0.717, 1.165) is 5.56 Å². The maximum absolute atomic E-state index is 13.4. The highest BCUT2D eigenvalue weighted by Gasteiger charge is 2.24. The van der Waals surface area contributed by atoms with E-state index < -0.39 is 9.84 Å². The number of ether oxygens (including phenoxy) is 1. The molecule has 0 spiro atoms. The van der Waals surface area contributed by atoms with Gasteiger partial charge in [-0.1, -0.05) is 35.9 Å². The minimum absolute atomic E-state index is 0.128. The van der Waals surface area contributed by atoms with Crippen LogP contribution in [0.25, 0.3) is 10.9 Å². The van der Waals surface area contributed by atoms with Crippen molar-refractivity contribution in [3.63, 3.8) is 0 Å². The summed E-state index contributed by atoms with van der Waals surface area (Å²) in [7, 11) is -2.32. The van der Waals surface area contributed by atoms with E-state index in [9.17, 15) is 18.0 Å². The van der Waals surface area contributed by atoms with Gasteiger partial charge in [0.1, 0.15) is 12.3 Å². The fourth-order valence-corrected chi connectivity index (χ4v) is 5.31. The molecule has 1 aromatic heterocycles. The molecular formula is C26H25N3O5S. The topological polar surface area (TPSA) is 106 Å². The first kappa shape index (κ1) is 24.0. The molecular weight excluding hydrogens is 466 g/mol. The lowest BCUT2D eigenvalue weighted by atomic mass is 10.2. The molecule has 3 aromatic carbocycles. The minimum atomic E-state index is -3.80. The quantitative estimate of drug-likeness (QED) is 0.399. The van der Waals surface area contributed by atoms with Crippen molar-refractivity contribution >= 4 is 43.9 Å². The van der Waals surface area contributed by atoms with E-state index in [1.54, 1.807) is 71.3 Å². The highest BCUT2D eigenvalue weighted by atomic mass is 32.2. The predicted molar refractivity (Wildman–Crippen MR) is 134 cm³/mol. The van der Waals surface area contributed by atoms with E-state index in [-0.39, 0.29) is 28.2 Å². The predicted octanol–water partition coefficient (Wildman–Crippen LogP) is 4.39. The van der Waals surface area contributed by atoms with Crippen molar-refractivity contribution in [2.75, 3.05) is 17.7 Å². The zero-order valence-electron chi connectivity index (χ0n) is 19.5. The van der Waals surface area contributed by atoms with Gasteiger partial charge in [-0.2, -0.15) is 0 Å². The molecule has 0 bridgehead atoms. The zero-order valence-corrected chi connectivity index (χ0v) is 20.3. The van der Waals surface area contributed by atoms with Crippen LogP contribution in [0.4, 0.5) is 11.4 Å². The molecule has 0 unspecified atom stereocenters. The van der Waals surface area contributed by atoms with Gasteiger partial charge >= 0.3 is 0 Å². The minimum Gasteiger partial charge on any atom is -0.495 e. The summed E-state index contributed by atoms with van der Waals surface area (Å²) in [6.07, 6.45) is 1.49. The SMILES string of the molecule is COc1ccc(NC(C)=O)cc1NC(=O)Cn1cc(S(=O)(=O)c2ccc(C)cc2)c2ccccc21. The number of carbonyl (C=O) groups excluding carboxylic acids is 2. The average Bonchev–Trinajstić information content (AvgIpc) is 3.18. The number of para-hydroxylation sites is 1. The molecule has 9 heteroatoms. The van der Waals surface area contributed by atoms with Crippen LogP contribution in [-0.2, 0) is 26.0 Å². The third-order valence-corrected chi connectivity index (χ3v) is 7.28. The van der Waals surface area contributed by atoms with E-state index in [1.807, 2.05) is 6.92 Å².